The number of nitrogens with one attached hydrogen (secondary N) is 1. The Morgan fingerprint density at radius 3 is 2.20 bits per heavy atom. The summed E-state index contributed by atoms with van der Waals surface area (Å²) in [6.45, 7) is 0.424. The number of ketones is 1. The van der Waals surface area contributed by atoms with Gasteiger partial charge in [0.05, 0.1) is 18.6 Å². The Kier molecular flexibility index (Phi) is 12.7. The number of nitrogens with zero attached hydrogens (tertiary/aromatic N) is 1. The third kappa shape index (κ3) is 9.95. The average molecular weight is 752 g/mol. The first kappa shape index (κ1) is 39.5. The highest BCUT2D eigenvalue weighted by Crippen LogP contribution is 2.68. The first-order valence-corrected chi connectivity index (χ1v) is 18.6. The van der Waals surface area contributed by atoms with E-state index in [2.05, 4.69) is 5.32 Å². The quantitative estimate of drug-likeness (QED) is 0.0318. The summed E-state index contributed by atoms with van der Waals surface area (Å²) in [6.07, 6.45) is 1.07. The molecule has 0 aliphatic carbocycles. The highest BCUT2D eigenvalue weighted by atomic mass is 31.2. The number of ether oxygens (including phenoxy) is 1. The summed E-state index contributed by atoms with van der Waals surface area (Å²) in [5.74, 6) is -1.42. The molecule has 2 aromatic heterocycles. The summed E-state index contributed by atoms with van der Waals surface area (Å²) >= 11 is 0. The number of pyridine rings is 1. The van der Waals surface area contributed by atoms with E-state index in [9.17, 15) is 63.5 Å². The molecule has 9 N–H and O–H groups in total. The van der Waals surface area contributed by atoms with Crippen LogP contribution in [0, 0.1) is 0 Å². The smallest absolute Gasteiger partial charge is 0.369 e. The Labute approximate surface area is 289 Å². The zero-order chi connectivity index (χ0) is 37.6. The van der Waals surface area contributed by atoms with Gasteiger partial charge in [-0.3, -0.25) is 23.5 Å². The lowest BCUT2D eigenvalue weighted by molar-refractivity contribution is -0.703. The van der Waals surface area contributed by atoms with E-state index in [1.807, 2.05) is 0 Å². The lowest BCUT2D eigenvalue weighted by Gasteiger charge is -2.29. The highest BCUT2D eigenvalue weighted by molar-refractivity contribution is 7.72. The van der Waals surface area contributed by atoms with E-state index in [0.717, 1.165) is 0 Å². The van der Waals surface area contributed by atoms with Crippen LogP contribution < -0.4 is 15.3 Å². The number of carbonyl (C=O) groups is 2. The van der Waals surface area contributed by atoms with Crippen molar-refractivity contribution in [1.29, 1.82) is 0 Å². The van der Waals surface area contributed by atoms with Crippen molar-refractivity contribution in [2.24, 2.45) is 0 Å². The van der Waals surface area contributed by atoms with Crippen LogP contribution in [0.25, 0.3) is 22.3 Å². The molecule has 0 radical (unpaired) electrons. The monoisotopic (exact) mass is 751 g/mol. The lowest BCUT2D eigenvalue weighted by atomic mass is 10.1. The maximum atomic E-state index is 12.5. The van der Waals surface area contributed by atoms with Gasteiger partial charge in [-0.1, -0.05) is 12.1 Å². The van der Waals surface area contributed by atoms with Crippen LogP contribution in [0.3, 0.4) is 0 Å². The number of aliphatic hydroxyl groups excluding tert-OH is 1. The standard InChI is InChI=1S/C32H36N2O15P2/c35-23(5-6-24(36)19-34-13-9-20(10-14-34)18-32(41,50(42,43)44)51(45,46)47)11-15-48-16-12-33-31(40)22-3-1-21(2-4-22)28-17-27(38)25-7-8-26(37)29(39)30(25)49-28/h1-4,7-10,13-14,17,24,36,41H,5-6,11-12,15-16,18-19H2,(H6-,33,37,38,39,40,42,43,44,45,46,47)/p+1. The fourth-order valence-corrected chi connectivity index (χ4v) is 7.05. The zero-order valence-electron chi connectivity index (χ0n) is 26.9. The number of amides is 1. The van der Waals surface area contributed by atoms with E-state index in [1.54, 1.807) is 12.1 Å². The molecule has 17 nitrogen and oxygen atoms in total. The molecule has 0 spiro atoms. The van der Waals surface area contributed by atoms with Crippen molar-refractivity contribution in [1.82, 2.24) is 5.32 Å². The molecule has 19 heteroatoms. The number of aliphatic hydroxyl groups is 2. The predicted molar refractivity (Wildman–Crippen MR) is 179 cm³/mol. The topological polar surface area (TPSA) is 285 Å². The molecule has 1 amide bonds. The zero-order valence-corrected chi connectivity index (χ0v) is 28.7. The molecule has 4 aromatic rings. The van der Waals surface area contributed by atoms with E-state index >= 15 is 0 Å². The molecule has 0 aliphatic heterocycles. The average Bonchev–Trinajstić information content (AvgIpc) is 3.07. The molecule has 4 rings (SSSR count). The number of carbonyl (C=O) groups excluding carboxylic acids is 2. The first-order chi connectivity index (χ1) is 23.9. The molecule has 0 aliphatic rings. The van der Waals surface area contributed by atoms with Crippen molar-refractivity contribution in [2.45, 2.75) is 43.4 Å². The fourth-order valence-electron chi connectivity index (χ4n) is 4.91. The van der Waals surface area contributed by atoms with Gasteiger partial charge in [-0.2, -0.15) is 0 Å². The number of aromatic nitrogens is 1. The number of fused-ring (bicyclic) bond motifs is 1. The maximum absolute atomic E-state index is 12.5. The van der Waals surface area contributed by atoms with Gasteiger partial charge in [-0.05, 0) is 36.2 Å². The van der Waals surface area contributed by atoms with Gasteiger partial charge >= 0.3 is 15.2 Å². The number of aromatic hydroxyl groups is 2. The second kappa shape index (κ2) is 16.4. The molecule has 0 saturated carbocycles. The van der Waals surface area contributed by atoms with Crippen LogP contribution in [0.5, 0.6) is 11.5 Å². The van der Waals surface area contributed by atoms with Crippen LogP contribution in [0.15, 0.2) is 76.2 Å². The number of hydrogen-bond acceptors (Lipinski definition) is 11. The largest absolute Gasteiger partial charge is 0.504 e. The molecule has 0 bridgehead atoms. The first-order valence-electron chi connectivity index (χ1n) is 15.4. The van der Waals surface area contributed by atoms with Crippen LogP contribution in [0.1, 0.15) is 35.2 Å². The second-order valence-corrected chi connectivity index (χ2v) is 15.7. The Bertz CT molecular complexity index is 2000. The minimum Gasteiger partial charge on any atom is -0.504 e. The molecular weight excluding hydrogens is 714 g/mol. The number of phenolic OH excluding ortho intramolecular Hbond substituents is 2. The van der Waals surface area contributed by atoms with Gasteiger partial charge in [0.1, 0.15) is 17.6 Å². The predicted octanol–water partition coefficient (Wildman–Crippen LogP) is 1.25. The normalized spacial score (nSPS) is 12.9. The Balaban J connectivity index is 1.14. The van der Waals surface area contributed by atoms with Crippen molar-refractivity contribution in [2.75, 3.05) is 19.8 Å². The Morgan fingerprint density at radius 2 is 1.57 bits per heavy atom. The lowest BCUT2D eigenvalue weighted by Crippen LogP contribution is -2.39. The Hall–Kier alpha value is -4.28. The maximum Gasteiger partial charge on any atom is 0.369 e. The molecule has 1 unspecified atom stereocenters. The molecule has 1 atom stereocenters. The Morgan fingerprint density at radius 1 is 0.922 bits per heavy atom. The third-order valence-corrected chi connectivity index (χ3v) is 11.6. The molecule has 0 saturated heterocycles. The molecule has 51 heavy (non-hydrogen) atoms. The summed E-state index contributed by atoms with van der Waals surface area (Å²) < 4.78 is 35.7. The summed E-state index contributed by atoms with van der Waals surface area (Å²) in [7, 11) is -11.2. The van der Waals surface area contributed by atoms with Gasteiger partial charge in [0.15, 0.2) is 35.7 Å². The molecule has 2 aromatic carbocycles. The minimum atomic E-state index is -5.61. The van der Waals surface area contributed by atoms with Gasteiger partial charge in [-0.15, -0.1) is 0 Å². The van der Waals surface area contributed by atoms with Crippen LogP contribution in [-0.4, -0.2) is 82.6 Å². The fraction of sp³-hybridized carbons (Fsp3) is 0.312. The number of rotatable bonds is 17. The van der Waals surface area contributed by atoms with Gasteiger partial charge < -0.3 is 54.5 Å². The van der Waals surface area contributed by atoms with Gasteiger partial charge in [-0.25, -0.2) is 4.57 Å². The van der Waals surface area contributed by atoms with E-state index in [4.69, 9.17) is 9.15 Å². The number of benzene rings is 2. The summed E-state index contributed by atoms with van der Waals surface area (Å²) in [5, 5.41) is 39.4. The highest BCUT2D eigenvalue weighted by Gasteiger charge is 2.59. The van der Waals surface area contributed by atoms with Crippen LogP contribution in [-0.2, 0) is 31.6 Å². The van der Waals surface area contributed by atoms with Crippen molar-refractivity contribution in [3.8, 4) is 22.8 Å². The molecule has 274 valence electrons. The summed E-state index contributed by atoms with van der Waals surface area (Å²) in [4.78, 5) is 74.4. The summed E-state index contributed by atoms with van der Waals surface area (Å²) in [5.41, 5.74) is 0.224. The number of phenols is 2. The molecular formula is C32H37N2O15P2+. The van der Waals surface area contributed by atoms with Gasteiger partial charge in [0.25, 0.3) is 11.0 Å². The molecule has 0 fully saturated rings. The van der Waals surface area contributed by atoms with Gasteiger partial charge in [0.2, 0.25) is 5.75 Å². The van der Waals surface area contributed by atoms with Crippen LogP contribution in [0.4, 0.5) is 0 Å². The summed E-state index contributed by atoms with van der Waals surface area (Å²) in [6, 6.07) is 12.5. The van der Waals surface area contributed by atoms with Crippen molar-refractivity contribution in [3.63, 3.8) is 0 Å². The number of Topliss-reactive ketones (excluding diaryl/α,β-unsaturated/α-hetero) is 1. The van der Waals surface area contributed by atoms with Crippen LogP contribution in [0.2, 0.25) is 0 Å². The van der Waals surface area contributed by atoms with E-state index < -0.39 is 55.6 Å². The van der Waals surface area contributed by atoms with Crippen molar-refractivity contribution < 1.29 is 72.4 Å². The van der Waals surface area contributed by atoms with E-state index in [0.29, 0.717) is 11.1 Å². The van der Waals surface area contributed by atoms with E-state index in [1.165, 1.54) is 59.4 Å². The minimum absolute atomic E-state index is 0.0280. The van der Waals surface area contributed by atoms with E-state index in [-0.39, 0.29) is 73.6 Å². The van der Waals surface area contributed by atoms with Crippen molar-refractivity contribution >= 4 is 37.9 Å². The SMILES string of the molecule is O=C(CCOCCNC(=O)c1ccc(-c2cc(=O)c3ccc(O)c(O)c3o2)cc1)CCC(O)C[n+]1ccc(CC(O)(P(=O)(O)O)P(=O)(O)O)cc1. The third-order valence-electron chi connectivity index (χ3n) is 7.85. The molecule has 2 heterocycles. The number of hydrogen-bond donors (Lipinski definition) is 9. The van der Waals surface area contributed by atoms with Crippen molar-refractivity contribution in [3.05, 3.63) is 88.3 Å². The second-order valence-electron chi connectivity index (χ2n) is 11.7. The van der Waals surface area contributed by atoms with Gasteiger partial charge in [0, 0.05) is 55.1 Å². The van der Waals surface area contributed by atoms with Crippen LogP contribution >= 0.6 is 15.2 Å².